The van der Waals surface area contributed by atoms with E-state index in [0.717, 1.165) is 5.56 Å². The molecule has 0 aliphatic carbocycles. The van der Waals surface area contributed by atoms with Crippen molar-refractivity contribution in [3.63, 3.8) is 0 Å². The minimum absolute atomic E-state index is 0.0257. The van der Waals surface area contributed by atoms with Gasteiger partial charge in [-0.05, 0) is 19.1 Å². The second-order valence-corrected chi connectivity index (χ2v) is 5.60. The first kappa shape index (κ1) is 14.7. The van der Waals surface area contributed by atoms with Crippen LogP contribution in [0.2, 0.25) is 5.02 Å². The Morgan fingerprint density at radius 1 is 1.55 bits per heavy atom. The zero-order valence-corrected chi connectivity index (χ0v) is 13.1. The molecule has 1 aliphatic rings. The van der Waals surface area contributed by atoms with Crippen LogP contribution < -0.4 is 9.47 Å². The molecule has 0 fully saturated rings. The highest BCUT2D eigenvalue weighted by Crippen LogP contribution is 2.46. The van der Waals surface area contributed by atoms with E-state index in [9.17, 15) is 4.79 Å². The van der Waals surface area contributed by atoms with Gasteiger partial charge in [0.2, 0.25) is 0 Å². The van der Waals surface area contributed by atoms with Gasteiger partial charge in [-0.2, -0.15) is 5.10 Å². The minimum Gasteiger partial charge on any atom is -0.493 e. The third-order valence-electron chi connectivity index (χ3n) is 3.68. The lowest BCUT2D eigenvalue weighted by atomic mass is 10.0. The molecule has 6 nitrogen and oxygen atoms in total. The van der Waals surface area contributed by atoms with Gasteiger partial charge in [-0.3, -0.25) is 4.68 Å². The van der Waals surface area contributed by atoms with E-state index in [2.05, 4.69) is 5.10 Å². The van der Waals surface area contributed by atoms with Crippen molar-refractivity contribution in [1.29, 1.82) is 0 Å². The number of aromatic carboxylic acids is 1. The summed E-state index contributed by atoms with van der Waals surface area (Å²) in [6, 6.07) is 3.25. The predicted molar refractivity (Wildman–Crippen MR) is 81.0 cm³/mol. The first-order valence-corrected chi connectivity index (χ1v) is 7.14. The van der Waals surface area contributed by atoms with Crippen LogP contribution in [-0.2, 0) is 13.5 Å². The monoisotopic (exact) mass is 322 g/mol. The fourth-order valence-corrected chi connectivity index (χ4v) is 2.99. The number of rotatable bonds is 3. The summed E-state index contributed by atoms with van der Waals surface area (Å²) < 4.78 is 12.6. The van der Waals surface area contributed by atoms with Gasteiger partial charge in [-0.15, -0.1) is 0 Å². The Morgan fingerprint density at radius 2 is 2.27 bits per heavy atom. The summed E-state index contributed by atoms with van der Waals surface area (Å²) in [4.78, 5) is 11.1. The average molecular weight is 323 g/mol. The molecule has 1 atom stereocenters. The molecule has 0 amide bonds. The van der Waals surface area contributed by atoms with Gasteiger partial charge >= 0.3 is 5.97 Å². The topological polar surface area (TPSA) is 73.6 Å². The molecule has 0 spiro atoms. The fourth-order valence-electron chi connectivity index (χ4n) is 2.67. The van der Waals surface area contributed by atoms with Gasteiger partial charge in [-0.1, -0.05) is 11.6 Å². The lowest BCUT2D eigenvalue weighted by molar-refractivity contribution is 0.0689. The SMILES string of the molecule is COc1cc(-c2cc(C(=O)O)nn2C)c(Cl)c2c1OC(C)C2. The van der Waals surface area contributed by atoms with Crippen LogP contribution >= 0.6 is 11.6 Å². The zero-order valence-electron chi connectivity index (χ0n) is 12.4. The lowest BCUT2D eigenvalue weighted by Gasteiger charge is -2.13. The summed E-state index contributed by atoms with van der Waals surface area (Å²) in [6.07, 6.45) is 0.708. The first-order valence-electron chi connectivity index (χ1n) is 6.76. The highest BCUT2D eigenvalue weighted by molar-refractivity contribution is 6.34. The summed E-state index contributed by atoms with van der Waals surface area (Å²) in [5, 5.41) is 13.6. The Kier molecular flexibility index (Phi) is 3.48. The second kappa shape index (κ2) is 5.21. The maximum atomic E-state index is 11.1. The number of hydrogen-bond acceptors (Lipinski definition) is 4. The van der Waals surface area contributed by atoms with Gasteiger partial charge in [0.15, 0.2) is 17.2 Å². The number of carboxylic acid groups (broad SMARTS) is 1. The van der Waals surface area contributed by atoms with Crippen molar-refractivity contribution in [2.45, 2.75) is 19.4 Å². The molecule has 22 heavy (non-hydrogen) atoms. The summed E-state index contributed by atoms with van der Waals surface area (Å²) in [5.41, 5.74) is 2.14. The molecule has 116 valence electrons. The van der Waals surface area contributed by atoms with Crippen LogP contribution in [0.15, 0.2) is 12.1 Å². The van der Waals surface area contributed by atoms with Crippen LogP contribution in [0.5, 0.6) is 11.5 Å². The van der Waals surface area contributed by atoms with Crippen molar-refractivity contribution < 1.29 is 19.4 Å². The molecule has 0 radical (unpaired) electrons. The molecule has 0 saturated carbocycles. The average Bonchev–Trinajstić information content (AvgIpc) is 3.03. The van der Waals surface area contributed by atoms with Crippen LogP contribution in [0.4, 0.5) is 0 Å². The quantitative estimate of drug-likeness (QED) is 0.940. The van der Waals surface area contributed by atoms with E-state index >= 15 is 0 Å². The smallest absolute Gasteiger partial charge is 0.356 e. The molecule has 3 rings (SSSR count). The normalized spacial score (nSPS) is 16.3. The number of carbonyl (C=O) groups is 1. The Labute approximate surface area is 132 Å². The van der Waals surface area contributed by atoms with E-state index in [1.54, 1.807) is 20.2 Å². The Balaban J connectivity index is 2.20. The highest BCUT2D eigenvalue weighted by atomic mass is 35.5. The number of hydrogen-bond donors (Lipinski definition) is 1. The molecular weight excluding hydrogens is 308 g/mol. The standard InChI is InChI=1S/C15H15ClN2O4/c1-7-4-9-13(16)8(5-12(21-3)14(9)22-7)11-6-10(15(19)20)17-18(11)2/h5-7H,4H2,1-3H3,(H,19,20). The van der Waals surface area contributed by atoms with E-state index in [0.29, 0.717) is 34.2 Å². The number of methoxy groups -OCH3 is 1. The van der Waals surface area contributed by atoms with Gasteiger partial charge in [0.05, 0.1) is 17.8 Å². The molecule has 1 aromatic carbocycles. The Bertz CT molecular complexity index is 769. The molecule has 1 unspecified atom stereocenters. The van der Waals surface area contributed by atoms with Gasteiger partial charge in [0.25, 0.3) is 0 Å². The molecule has 0 bridgehead atoms. The maximum absolute atomic E-state index is 11.1. The van der Waals surface area contributed by atoms with E-state index in [4.69, 9.17) is 26.2 Å². The largest absolute Gasteiger partial charge is 0.493 e. The number of ether oxygens (including phenoxy) is 2. The summed E-state index contributed by atoms with van der Waals surface area (Å²) in [6.45, 7) is 1.96. The van der Waals surface area contributed by atoms with Gasteiger partial charge in [0, 0.05) is 24.6 Å². The number of carboxylic acids is 1. The first-order chi connectivity index (χ1) is 10.4. The third kappa shape index (κ3) is 2.20. The molecular formula is C15H15ClN2O4. The van der Waals surface area contributed by atoms with E-state index < -0.39 is 5.97 Å². The van der Waals surface area contributed by atoms with Gasteiger partial charge in [-0.25, -0.2) is 4.79 Å². The lowest BCUT2D eigenvalue weighted by Crippen LogP contribution is -2.05. The number of aryl methyl sites for hydroxylation is 1. The molecule has 2 heterocycles. The van der Waals surface area contributed by atoms with Crippen LogP contribution in [0, 0.1) is 0 Å². The fraction of sp³-hybridized carbons (Fsp3) is 0.333. The molecule has 0 saturated heterocycles. The van der Waals surface area contributed by atoms with Crippen LogP contribution in [0.3, 0.4) is 0 Å². The Morgan fingerprint density at radius 3 is 2.86 bits per heavy atom. The van der Waals surface area contributed by atoms with E-state index in [1.165, 1.54) is 10.7 Å². The van der Waals surface area contributed by atoms with Crippen LogP contribution in [-0.4, -0.2) is 34.1 Å². The second-order valence-electron chi connectivity index (χ2n) is 5.22. The minimum atomic E-state index is -1.08. The number of aromatic nitrogens is 2. The predicted octanol–water partition coefficient (Wildman–Crippen LogP) is 2.77. The third-order valence-corrected chi connectivity index (χ3v) is 4.11. The molecule has 1 aromatic heterocycles. The van der Waals surface area contributed by atoms with Crippen molar-refractivity contribution in [3.8, 4) is 22.8 Å². The van der Waals surface area contributed by atoms with Crippen molar-refractivity contribution >= 4 is 17.6 Å². The van der Waals surface area contributed by atoms with Crippen molar-refractivity contribution in [1.82, 2.24) is 9.78 Å². The van der Waals surface area contributed by atoms with Crippen molar-refractivity contribution in [2.75, 3.05) is 7.11 Å². The van der Waals surface area contributed by atoms with Crippen LogP contribution in [0.25, 0.3) is 11.3 Å². The van der Waals surface area contributed by atoms with Crippen LogP contribution in [0.1, 0.15) is 23.0 Å². The molecule has 2 aromatic rings. The summed E-state index contributed by atoms with van der Waals surface area (Å²) in [5.74, 6) is 0.157. The number of benzene rings is 1. The number of fused-ring (bicyclic) bond motifs is 1. The highest BCUT2D eigenvalue weighted by Gasteiger charge is 2.29. The molecule has 1 N–H and O–H groups in total. The van der Waals surface area contributed by atoms with Crippen molar-refractivity contribution in [3.05, 3.63) is 28.4 Å². The summed E-state index contributed by atoms with van der Waals surface area (Å²) in [7, 11) is 3.24. The van der Waals surface area contributed by atoms with Crippen molar-refractivity contribution in [2.24, 2.45) is 7.05 Å². The van der Waals surface area contributed by atoms with E-state index in [-0.39, 0.29) is 11.8 Å². The zero-order chi connectivity index (χ0) is 16.0. The number of nitrogens with zero attached hydrogens (tertiary/aromatic N) is 2. The van der Waals surface area contributed by atoms with Gasteiger partial charge < -0.3 is 14.6 Å². The molecule has 1 aliphatic heterocycles. The Hall–Kier alpha value is -2.21. The maximum Gasteiger partial charge on any atom is 0.356 e. The number of halogens is 1. The molecule has 7 heteroatoms. The summed E-state index contributed by atoms with van der Waals surface area (Å²) >= 11 is 6.52. The van der Waals surface area contributed by atoms with Gasteiger partial charge in [0.1, 0.15) is 6.10 Å². The van der Waals surface area contributed by atoms with E-state index in [1.807, 2.05) is 6.92 Å².